The number of esters is 1. The highest BCUT2D eigenvalue weighted by Crippen LogP contribution is 2.21. The maximum absolute atomic E-state index is 12.7. The maximum Gasteiger partial charge on any atom is 0.410 e. The quantitative estimate of drug-likeness (QED) is 0.584. The number of hydrogen-bond donors (Lipinski definition) is 1. The molecule has 0 saturated carbocycles. The molecule has 1 rings (SSSR count). The second-order valence-electron chi connectivity index (χ2n) is 7.16. The number of nitrogens with zero attached hydrogens (tertiary/aromatic N) is 1. The minimum Gasteiger partial charge on any atom is -0.464 e. The predicted octanol–water partition coefficient (Wildman–Crippen LogP) is 2.26. The molecule has 3 unspecified atom stereocenters. The molecular formula is C18H30N2O5. The summed E-state index contributed by atoms with van der Waals surface area (Å²) in [4.78, 5) is 38.5. The summed E-state index contributed by atoms with van der Waals surface area (Å²) in [5.74, 6) is -1.18. The van der Waals surface area contributed by atoms with Crippen LogP contribution in [0.3, 0.4) is 0 Å². The Balaban J connectivity index is 2.83. The summed E-state index contributed by atoms with van der Waals surface area (Å²) < 4.78 is 10.4. The van der Waals surface area contributed by atoms with E-state index in [4.69, 9.17) is 9.47 Å². The van der Waals surface area contributed by atoms with Crippen molar-refractivity contribution in [3.05, 3.63) is 12.7 Å². The Labute approximate surface area is 149 Å². The van der Waals surface area contributed by atoms with Crippen LogP contribution in [0.5, 0.6) is 0 Å². The first kappa shape index (κ1) is 21.0. The zero-order valence-electron chi connectivity index (χ0n) is 15.8. The minimum atomic E-state index is -0.828. The monoisotopic (exact) mass is 354 g/mol. The van der Waals surface area contributed by atoms with Gasteiger partial charge in [-0.3, -0.25) is 9.69 Å². The number of ether oxygens (including phenoxy) is 2. The number of rotatable bonds is 6. The van der Waals surface area contributed by atoms with Crippen LogP contribution < -0.4 is 5.32 Å². The second-order valence-corrected chi connectivity index (χ2v) is 7.16. The molecule has 0 aromatic heterocycles. The molecule has 0 aromatic carbocycles. The smallest absolute Gasteiger partial charge is 0.410 e. The molecule has 1 saturated heterocycles. The molecule has 0 aliphatic carbocycles. The number of carbonyl (C=O) groups is 3. The van der Waals surface area contributed by atoms with Crippen molar-refractivity contribution in [2.24, 2.45) is 5.92 Å². The summed E-state index contributed by atoms with van der Waals surface area (Å²) in [5.41, 5.74) is -0.633. The lowest BCUT2D eigenvalue weighted by molar-refractivity contribution is -0.148. The van der Waals surface area contributed by atoms with Crippen LogP contribution in [0, 0.1) is 5.92 Å². The molecule has 1 aliphatic rings. The largest absolute Gasteiger partial charge is 0.464 e. The van der Waals surface area contributed by atoms with Gasteiger partial charge in [0.15, 0.2) is 0 Å². The van der Waals surface area contributed by atoms with Crippen LogP contribution in [0.4, 0.5) is 4.79 Å². The topological polar surface area (TPSA) is 84.9 Å². The normalized spacial score (nSPS) is 19.7. The third kappa shape index (κ3) is 6.07. The van der Waals surface area contributed by atoms with Crippen LogP contribution in [0.15, 0.2) is 12.7 Å². The van der Waals surface area contributed by atoms with Crippen LogP contribution >= 0.6 is 0 Å². The molecule has 0 spiro atoms. The van der Waals surface area contributed by atoms with E-state index in [0.717, 1.165) is 0 Å². The van der Waals surface area contributed by atoms with Crippen molar-refractivity contribution >= 4 is 18.0 Å². The average Bonchev–Trinajstić information content (AvgIpc) is 3.00. The van der Waals surface area contributed by atoms with Gasteiger partial charge in [0.25, 0.3) is 0 Å². The molecule has 0 radical (unpaired) electrons. The summed E-state index contributed by atoms with van der Waals surface area (Å²) in [6, 6.07) is -1.48. The van der Waals surface area contributed by atoms with Crippen LogP contribution in [-0.2, 0) is 19.1 Å². The fourth-order valence-electron chi connectivity index (χ4n) is 2.60. The first-order valence-corrected chi connectivity index (χ1v) is 8.70. The molecule has 25 heavy (non-hydrogen) atoms. The third-order valence-electron chi connectivity index (χ3n) is 3.92. The van der Waals surface area contributed by atoms with Gasteiger partial charge < -0.3 is 14.8 Å². The lowest BCUT2D eigenvalue weighted by atomic mass is 10.0. The molecule has 0 aromatic rings. The van der Waals surface area contributed by atoms with Gasteiger partial charge in [-0.2, -0.15) is 0 Å². The van der Waals surface area contributed by atoms with Crippen molar-refractivity contribution in [1.82, 2.24) is 10.2 Å². The Morgan fingerprint density at radius 2 is 2.00 bits per heavy atom. The van der Waals surface area contributed by atoms with E-state index in [1.807, 2.05) is 0 Å². The fourth-order valence-corrected chi connectivity index (χ4v) is 2.60. The van der Waals surface area contributed by atoms with E-state index in [2.05, 4.69) is 11.9 Å². The summed E-state index contributed by atoms with van der Waals surface area (Å²) in [5, 5.41) is 2.71. The highest BCUT2D eigenvalue weighted by atomic mass is 16.6. The maximum atomic E-state index is 12.7. The molecule has 3 atom stereocenters. The van der Waals surface area contributed by atoms with Gasteiger partial charge >= 0.3 is 12.1 Å². The zero-order chi connectivity index (χ0) is 19.2. The second kappa shape index (κ2) is 8.87. The predicted molar refractivity (Wildman–Crippen MR) is 93.9 cm³/mol. The number of nitrogens with one attached hydrogen (secondary N) is 1. The number of hydrogen-bond acceptors (Lipinski definition) is 5. The molecule has 2 amide bonds. The van der Waals surface area contributed by atoms with Crippen LogP contribution in [-0.4, -0.2) is 53.7 Å². The standard InChI is InChI=1S/C18H30N2O5/c1-7-12(3)14(16(22)24-8-2)19-15(21)13-10-9-11-20(13)17(23)25-18(4,5)6/h7,12-14H,1,8-11H2,2-6H3,(H,19,21). The number of carbonyl (C=O) groups excluding carboxylic acids is 3. The lowest BCUT2D eigenvalue weighted by Crippen LogP contribution is -2.53. The van der Waals surface area contributed by atoms with Gasteiger partial charge in [0.05, 0.1) is 6.61 Å². The van der Waals surface area contributed by atoms with Crippen LogP contribution in [0.1, 0.15) is 47.5 Å². The highest BCUT2D eigenvalue weighted by molar-refractivity contribution is 5.90. The molecule has 1 N–H and O–H groups in total. The first-order chi connectivity index (χ1) is 11.6. The van der Waals surface area contributed by atoms with E-state index < -0.39 is 29.7 Å². The van der Waals surface area contributed by atoms with Gasteiger partial charge in [-0.25, -0.2) is 9.59 Å². The van der Waals surface area contributed by atoms with Gasteiger partial charge in [0.2, 0.25) is 5.91 Å². The van der Waals surface area contributed by atoms with Gasteiger partial charge in [0, 0.05) is 12.5 Å². The molecule has 7 heteroatoms. The Morgan fingerprint density at radius 3 is 2.52 bits per heavy atom. The van der Waals surface area contributed by atoms with Gasteiger partial charge in [-0.1, -0.05) is 13.0 Å². The molecule has 1 fully saturated rings. The van der Waals surface area contributed by atoms with E-state index in [1.54, 1.807) is 40.7 Å². The van der Waals surface area contributed by atoms with Crippen molar-refractivity contribution in [2.75, 3.05) is 13.2 Å². The van der Waals surface area contributed by atoms with Crippen LogP contribution in [0.2, 0.25) is 0 Å². The molecule has 7 nitrogen and oxygen atoms in total. The van der Waals surface area contributed by atoms with E-state index in [0.29, 0.717) is 19.4 Å². The van der Waals surface area contributed by atoms with Crippen LogP contribution in [0.25, 0.3) is 0 Å². The fraction of sp³-hybridized carbons (Fsp3) is 0.722. The highest BCUT2D eigenvalue weighted by Gasteiger charge is 2.38. The van der Waals surface area contributed by atoms with E-state index >= 15 is 0 Å². The Hall–Kier alpha value is -2.05. The molecule has 1 heterocycles. The Bertz CT molecular complexity index is 512. The number of likely N-dealkylation sites (tertiary alicyclic amines) is 1. The third-order valence-corrected chi connectivity index (χ3v) is 3.92. The van der Waals surface area contributed by atoms with Crippen molar-refractivity contribution in [3.8, 4) is 0 Å². The molecular weight excluding hydrogens is 324 g/mol. The summed E-state index contributed by atoms with van der Waals surface area (Å²) in [6.45, 7) is 13.2. The van der Waals surface area contributed by atoms with Crippen molar-refractivity contribution in [3.63, 3.8) is 0 Å². The van der Waals surface area contributed by atoms with E-state index in [1.165, 1.54) is 4.90 Å². The van der Waals surface area contributed by atoms with Gasteiger partial charge in [0.1, 0.15) is 17.7 Å². The summed E-state index contributed by atoms with van der Waals surface area (Å²) in [7, 11) is 0. The van der Waals surface area contributed by atoms with Crippen molar-refractivity contribution in [1.29, 1.82) is 0 Å². The summed E-state index contributed by atoms with van der Waals surface area (Å²) in [6.07, 6.45) is 2.30. The van der Waals surface area contributed by atoms with Gasteiger partial charge in [-0.05, 0) is 40.5 Å². The van der Waals surface area contributed by atoms with Crippen molar-refractivity contribution < 1.29 is 23.9 Å². The molecule has 1 aliphatic heterocycles. The SMILES string of the molecule is C=CC(C)C(NC(=O)C1CCCN1C(=O)OC(C)(C)C)C(=O)OCC. The Morgan fingerprint density at radius 1 is 1.36 bits per heavy atom. The zero-order valence-corrected chi connectivity index (χ0v) is 15.8. The van der Waals surface area contributed by atoms with Crippen molar-refractivity contribution in [2.45, 2.75) is 65.1 Å². The summed E-state index contributed by atoms with van der Waals surface area (Å²) >= 11 is 0. The average molecular weight is 354 g/mol. The number of amides is 2. The van der Waals surface area contributed by atoms with Gasteiger partial charge in [-0.15, -0.1) is 6.58 Å². The lowest BCUT2D eigenvalue weighted by Gasteiger charge is -2.29. The van der Waals surface area contributed by atoms with E-state index in [-0.39, 0.29) is 18.4 Å². The molecule has 0 bridgehead atoms. The molecule has 142 valence electrons. The first-order valence-electron chi connectivity index (χ1n) is 8.70. The minimum absolute atomic E-state index is 0.225. The Kier molecular flexibility index (Phi) is 7.45. The van der Waals surface area contributed by atoms with E-state index in [9.17, 15) is 14.4 Å².